The number of hydrogen-bond donors (Lipinski definition) is 1. The van der Waals surface area contributed by atoms with Gasteiger partial charge < -0.3 is 14.4 Å². The number of benzene rings is 2. The second kappa shape index (κ2) is 7.70. The molecule has 0 amide bonds. The van der Waals surface area contributed by atoms with Crippen molar-refractivity contribution >= 4 is 11.0 Å². The van der Waals surface area contributed by atoms with E-state index in [4.69, 9.17) is 4.74 Å². The number of aliphatic hydroxyl groups is 1. The summed E-state index contributed by atoms with van der Waals surface area (Å²) >= 11 is 0. The standard InChI is InChI=1S/C21H26N2O2/c1-4-7-20(24)21-22-18-8-5-6-9-19(18)23(21)10-11-25-17-13-15(2)12-16(3)14-17/h5-6,8-9,12-14,20,24H,4,7,10-11H2,1-3H3/t20-/m1/s1. The highest BCUT2D eigenvalue weighted by Crippen LogP contribution is 2.24. The van der Waals surface area contributed by atoms with Crippen LogP contribution in [0.5, 0.6) is 5.75 Å². The Balaban J connectivity index is 1.80. The van der Waals surface area contributed by atoms with Gasteiger partial charge in [0, 0.05) is 0 Å². The molecule has 0 spiro atoms. The van der Waals surface area contributed by atoms with E-state index in [0.29, 0.717) is 19.6 Å². The maximum Gasteiger partial charge on any atom is 0.138 e. The van der Waals surface area contributed by atoms with Crippen LogP contribution in [0.2, 0.25) is 0 Å². The van der Waals surface area contributed by atoms with E-state index in [2.05, 4.69) is 36.4 Å². The molecule has 132 valence electrons. The van der Waals surface area contributed by atoms with E-state index in [9.17, 15) is 5.11 Å². The first-order chi connectivity index (χ1) is 12.1. The first-order valence-corrected chi connectivity index (χ1v) is 8.93. The van der Waals surface area contributed by atoms with Crippen molar-refractivity contribution in [3.63, 3.8) is 0 Å². The molecule has 4 heteroatoms. The molecule has 0 aliphatic carbocycles. The van der Waals surface area contributed by atoms with Gasteiger partial charge in [-0.05, 0) is 55.7 Å². The van der Waals surface area contributed by atoms with Crippen molar-refractivity contribution in [2.75, 3.05) is 6.61 Å². The summed E-state index contributed by atoms with van der Waals surface area (Å²) in [5.74, 6) is 1.62. The average Bonchev–Trinajstić information content (AvgIpc) is 2.93. The molecule has 0 radical (unpaired) electrons. The molecule has 3 rings (SSSR count). The van der Waals surface area contributed by atoms with Gasteiger partial charge in [-0.3, -0.25) is 0 Å². The molecule has 0 aliphatic heterocycles. The van der Waals surface area contributed by atoms with Crippen molar-refractivity contribution in [2.45, 2.75) is 46.3 Å². The number of para-hydroxylation sites is 2. The average molecular weight is 338 g/mol. The van der Waals surface area contributed by atoms with Crippen LogP contribution in [-0.4, -0.2) is 21.3 Å². The first-order valence-electron chi connectivity index (χ1n) is 8.93. The Morgan fingerprint density at radius 3 is 2.56 bits per heavy atom. The van der Waals surface area contributed by atoms with Crippen molar-refractivity contribution < 1.29 is 9.84 Å². The number of rotatable bonds is 7. The van der Waals surface area contributed by atoms with Crippen LogP contribution in [0.3, 0.4) is 0 Å². The lowest BCUT2D eigenvalue weighted by atomic mass is 10.1. The third kappa shape index (κ3) is 4.02. The number of hydrogen-bond acceptors (Lipinski definition) is 3. The van der Waals surface area contributed by atoms with Gasteiger partial charge in [-0.2, -0.15) is 0 Å². The number of aryl methyl sites for hydroxylation is 2. The van der Waals surface area contributed by atoms with Crippen molar-refractivity contribution in [2.24, 2.45) is 0 Å². The number of fused-ring (bicyclic) bond motifs is 1. The van der Waals surface area contributed by atoms with Crippen molar-refractivity contribution in [3.8, 4) is 5.75 Å². The van der Waals surface area contributed by atoms with Crippen molar-refractivity contribution in [3.05, 3.63) is 59.4 Å². The smallest absolute Gasteiger partial charge is 0.138 e. The monoisotopic (exact) mass is 338 g/mol. The molecule has 2 aromatic carbocycles. The van der Waals surface area contributed by atoms with Crippen LogP contribution in [0.25, 0.3) is 11.0 Å². The van der Waals surface area contributed by atoms with E-state index in [1.54, 1.807) is 0 Å². The summed E-state index contributed by atoms with van der Waals surface area (Å²) < 4.78 is 8.04. The van der Waals surface area contributed by atoms with Gasteiger partial charge in [0.15, 0.2) is 0 Å². The third-order valence-electron chi connectivity index (χ3n) is 4.32. The molecule has 0 aliphatic rings. The fourth-order valence-electron chi connectivity index (χ4n) is 3.26. The zero-order valence-electron chi connectivity index (χ0n) is 15.2. The Kier molecular flexibility index (Phi) is 5.39. The van der Waals surface area contributed by atoms with Crippen LogP contribution in [-0.2, 0) is 6.54 Å². The third-order valence-corrected chi connectivity index (χ3v) is 4.32. The van der Waals surface area contributed by atoms with Gasteiger partial charge in [0.1, 0.15) is 24.3 Å². The van der Waals surface area contributed by atoms with E-state index in [0.717, 1.165) is 29.0 Å². The maximum atomic E-state index is 10.5. The SMILES string of the molecule is CCC[C@@H](O)c1nc2ccccc2n1CCOc1cc(C)cc(C)c1. The minimum Gasteiger partial charge on any atom is -0.492 e. The van der Waals surface area contributed by atoms with Gasteiger partial charge in [-0.1, -0.05) is 31.5 Å². The van der Waals surface area contributed by atoms with Gasteiger partial charge >= 0.3 is 0 Å². The molecular formula is C21H26N2O2. The molecule has 3 aromatic rings. The first kappa shape index (κ1) is 17.5. The fourth-order valence-corrected chi connectivity index (χ4v) is 3.26. The Morgan fingerprint density at radius 1 is 1.12 bits per heavy atom. The molecule has 0 bridgehead atoms. The highest BCUT2D eigenvalue weighted by molar-refractivity contribution is 5.76. The number of aliphatic hydroxyl groups excluding tert-OH is 1. The van der Waals surface area contributed by atoms with E-state index in [-0.39, 0.29) is 0 Å². The van der Waals surface area contributed by atoms with Crippen LogP contribution < -0.4 is 4.74 Å². The maximum absolute atomic E-state index is 10.5. The molecule has 0 fully saturated rings. The molecule has 25 heavy (non-hydrogen) atoms. The molecule has 1 heterocycles. The second-order valence-corrected chi connectivity index (χ2v) is 6.59. The quantitative estimate of drug-likeness (QED) is 0.687. The lowest BCUT2D eigenvalue weighted by Gasteiger charge is -2.14. The van der Waals surface area contributed by atoms with Gasteiger partial charge in [-0.15, -0.1) is 0 Å². The molecule has 1 aromatic heterocycles. The molecule has 0 saturated carbocycles. The lowest BCUT2D eigenvalue weighted by Crippen LogP contribution is -2.14. The zero-order valence-corrected chi connectivity index (χ0v) is 15.2. The number of imidazole rings is 1. The van der Waals surface area contributed by atoms with Crippen molar-refractivity contribution in [1.82, 2.24) is 9.55 Å². The summed E-state index contributed by atoms with van der Waals surface area (Å²) in [5, 5.41) is 10.5. The number of aromatic nitrogens is 2. The summed E-state index contributed by atoms with van der Waals surface area (Å²) in [4.78, 5) is 4.64. The Bertz CT molecular complexity index is 834. The summed E-state index contributed by atoms with van der Waals surface area (Å²) in [5.41, 5.74) is 4.35. The zero-order chi connectivity index (χ0) is 17.8. The molecule has 1 atom stereocenters. The van der Waals surface area contributed by atoms with E-state index >= 15 is 0 Å². The van der Waals surface area contributed by atoms with Gasteiger partial charge in [-0.25, -0.2) is 4.98 Å². The predicted molar refractivity (Wildman–Crippen MR) is 101 cm³/mol. The highest BCUT2D eigenvalue weighted by atomic mass is 16.5. The number of nitrogens with zero attached hydrogens (tertiary/aromatic N) is 2. The van der Waals surface area contributed by atoms with E-state index in [1.807, 2.05) is 36.4 Å². The Morgan fingerprint density at radius 2 is 1.84 bits per heavy atom. The summed E-state index contributed by atoms with van der Waals surface area (Å²) in [6.07, 6.45) is 1.09. The highest BCUT2D eigenvalue weighted by Gasteiger charge is 2.17. The van der Waals surface area contributed by atoms with Crippen LogP contribution in [0.1, 0.15) is 42.8 Å². The van der Waals surface area contributed by atoms with Gasteiger partial charge in [0.2, 0.25) is 0 Å². The Hall–Kier alpha value is -2.33. The fraction of sp³-hybridized carbons (Fsp3) is 0.381. The molecular weight excluding hydrogens is 312 g/mol. The molecule has 0 saturated heterocycles. The van der Waals surface area contributed by atoms with Gasteiger partial charge in [0.25, 0.3) is 0 Å². The Labute approximate surface area is 149 Å². The summed E-state index contributed by atoms with van der Waals surface area (Å²) in [7, 11) is 0. The van der Waals surface area contributed by atoms with E-state index < -0.39 is 6.10 Å². The molecule has 1 N–H and O–H groups in total. The minimum absolute atomic E-state index is 0.537. The largest absolute Gasteiger partial charge is 0.492 e. The topological polar surface area (TPSA) is 47.3 Å². The predicted octanol–water partition coefficient (Wildman–Crippen LogP) is 4.57. The van der Waals surface area contributed by atoms with Crippen LogP contribution in [0.4, 0.5) is 0 Å². The summed E-state index contributed by atoms with van der Waals surface area (Å²) in [6, 6.07) is 14.2. The van der Waals surface area contributed by atoms with Crippen LogP contribution in [0, 0.1) is 13.8 Å². The normalized spacial score (nSPS) is 12.5. The number of ether oxygens (including phenoxy) is 1. The van der Waals surface area contributed by atoms with Crippen LogP contribution >= 0.6 is 0 Å². The van der Waals surface area contributed by atoms with Crippen molar-refractivity contribution in [1.29, 1.82) is 0 Å². The molecule has 4 nitrogen and oxygen atoms in total. The second-order valence-electron chi connectivity index (χ2n) is 6.59. The lowest BCUT2D eigenvalue weighted by molar-refractivity contribution is 0.151. The van der Waals surface area contributed by atoms with Gasteiger partial charge in [0.05, 0.1) is 17.6 Å². The van der Waals surface area contributed by atoms with Crippen LogP contribution in [0.15, 0.2) is 42.5 Å². The minimum atomic E-state index is -0.543. The summed E-state index contributed by atoms with van der Waals surface area (Å²) in [6.45, 7) is 7.41. The van der Waals surface area contributed by atoms with E-state index in [1.165, 1.54) is 11.1 Å². The molecule has 0 unspecified atom stereocenters.